The van der Waals surface area contributed by atoms with Gasteiger partial charge in [0.2, 0.25) is 0 Å². The predicted molar refractivity (Wildman–Crippen MR) is 86.3 cm³/mol. The van der Waals surface area contributed by atoms with E-state index in [1.165, 1.54) is 11.1 Å². The lowest BCUT2D eigenvalue weighted by Gasteiger charge is -2.03. The van der Waals surface area contributed by atoms with Crippen molar-refractivity contribution in [3.8, 4) is 0 Å². The highest BCUT2D eigenvalue weighted by molar-refractivity contribution is 5.07. The van der Waals surface area contributed by atoms with Crippen molar-refractivity contribution in [1.29, 1.82) is 0 Å². The highest BCUT2D eigenvalue weighted by Crippen LogP contribution is 2.12. The summed E-state index contributed by atoms with van der Waals surface area (Å²) in [4.78, 5) is 0. The zero-order valence-corrected chi connectivity index (χ0v) is 12.9. The molecule has 0 aromatic carbocycles. The molecule has 0 aromatic rings. The molecule has 0 aliphatic carbocycles. The molecule has 0 heterocycles. The van der Waals surface area contributed by atoms with E-state index in [-0.39, 0.29) is 6.61 Å². The van der Waals surface area contributed by atoms with E-state index in [0.29, 0.717) is 0 Å². The molecule has 0 aromatic heterocycles. The largest absolute Gasteiger partial charge is 0.392 e. The van der Waals surface area contributed by atoms with Crippen molar-refractivity contribution in [3.63, 3.8) is 0 Å². The zero-order valence-electron chi connectivity index (χ0n) is 12.9. The molecule has 1 N–H and O–H groups in total. The lowest BCUT2D eigenvalue weighted by molar-refractivity contribution is 0.326. The van der Waals surface area contributed by atoms with E-state index in [0.717, 1.165) is 44.1 Å². The van der Waals surface area contributed by atoms with Gasteiger partial charge in [-0.2, -0.15) is 0 Å². The first-order valence-electron chi connectivity index (χ1n) is 7.28. The first kappa shape index (κ1) is 17.9. The van der Waals surface area contributed by atoms with Crippen LogP contribution in [0, 0.1) is 0 Å². The molecule has 0 saturated carbocycles. The third-order valence-corrected chi connectivity index (χ3v) is 3.06. The van der Waals surface area contributed by atoms with Crippen molar-refractivity contribution in [2.75, 3.05) is 6.61 Å². The Kier molecular flexibility index (Phi) is 11.3. The Hall–Kier alpha value is -1.08. The van der Waals surface area contributed by atoms with Gasteiger partial charge in [-0.05, 0) is 64.9 Å². The summed E-state index contributed by atoms with van der Waals surface area (Å²) in [5.41, 5.74) is 3.98. The second-order valence-electron chi connectivity index (χ2n) is 5.30. The highest BCUT2D eigenvalue weighted by Gasteiger charge is 1.95. The van der Waals surface area contributed by atoms with Gasteiger partial charge in [-0.25, -0.2) is 0 Å². The van der Waals surface area contributed by atoms with Crippen LogP contribution in [-0.2, 0) is 0 Å². The van der Waals surface area contributed by atoms with Crippen LogP contribution in [0.2, 0.25) is 0 Å². The molecular weight excluding hydrogens is 232 g/mol. The summed E-state index contributed by atoms with van der Waals surface area (Å²) in [7, 11) is 0. The lowest BCUT2D eigenvalue weighted by Crippen LogP contribution is -1.90. The van der Waals surface area contributed by atoms with Crippen LogP contribution in [0.25, 0.3) is 0 Å². The molecule has 0 rings (SSSR count). The highest BCUT2D eigenvalue weighted by atomic mass is 16.3. The minimum atomic E-state index is 0.182. The molecule has 0 spiro atoms. The fraction of sp³-hybridized carbons (Fsp3) is 0.556. The van der Waals surface area contributed by atoms with E-state index >= 15 is 0 Å². The Morgan fingerprint density at radius 3 is 2.16 bits per heavy atom. The summed E-state index contributed by atoms with van der Waals surface area (Å²) in [6.07, 6.45) is 14.9. The van der Waals surface area contributed by atoms with Gasteiger partial charge in [0.15, 0.2) is 0 Å². The van der Waals surface area contributed by atoms with E-state index < -0.39 is 0 Å². The van der Waals surface area contributed by atoms with Gasteiger partial charge in [0.1, 0.15) is 0 Å². The maximum Gasteiger partial charge on any atom is 0.0641 e. The molecule has 108 valence electrons. The van der Waals surface area contributed by atoms with Gasteiger partial charge in [-0.15, -0.1) is 6.58 Å². The van der Waals surface area contributed by atoms with Crippen LogP contribution in [-0.4, -0.2) is 11.7 Å². The molecule has 0 fully saturated rings. The Balaban J connectivity index is 3.99. The topological polar surface area (TPSA) is 20.2 Å². The molecule has 0 aliphatic rings. The number of aliphatic hydroxyl groups excluding tert-OH is 1. The number of allylic oxidation sites excluding steroid dienone is 6. The molecule has 0 radical (unpaired) electrons. The Labute approximate surface area is 119 Å². The maximum atomic E-state index is 9.27. The van der Waals surface area contributed by atoms with Gasteiger partial charge < -0.3 is 5.11 Å². The molecule has 0 aliphatic heterocycles. The van der Waals surface area contributed by atoms with E-state index in [2.05, 4.69) is 45.6 Å². The smallest absolute Gasteiger partial charge is 0.0641 e. The first-order chi connectivity index (χ1) is 9.10. The quantitative estimate of drug-likeness (QED) is 0.416. The predicted octanol–water partition coefficient (Wildman–Crippen LogP) is 5.34. The molecule has 0 amide bonds. The van der Waals surface area contributed by atoms with Crippen LogP contribution in [0.5, 0.6) is 0 Å². The van der Waals surface area contributed by atoms with Gasteiger partial charge >= 0.3 is 0 Å². The van der Waals surface area contributed by atoms with E-state index in [9.17, 15) is 5.11 Å². The number of hydrogen-bond acceptors (Lipinski definition) is 1. The Morgan fingerprint density at radius 2 is 1.58 bits per heavy atom. The van der Waals surface area contributed by atoms with Crippen molar-refractivity contribution in [2.45, 2.75) is 59.3 Å². The fourth-order valence-electron chi connectivity index (χ4n) is 1.85. The second kappa shape index (κ2) is 12.0. The minimum Gasteiger partial charge on any atom is -0.392 e. The van der Waals surface area contributed by atoms with Crippen LogP contribution in [0.15, 0.2) is 47.6 Å². The zero-order chi connectivity index (χ0) is 14.5. The number of hydrogen-bond donors (Lipinski definition) is 1. The van der Waals surface area contributed by atoms with Crippen molar-refractivity contribution < 1.29 is 5.11 Å². The minimum absolute atomic E-state index is 0.182. The molecule has 0 saturated heterocycles. The van der Waals surface area contributed by atoms with Crippen molar-refractivity contribution in [3.05, 3.63) is 47.6 Å². The van der Waals surface area contributed by atoms with Crippen LogP contribution in [0.3, 0.4) is 0 Å². The van der Waals surface area contributed by atoms with E-state index in [4.69, 9.17) is 0 Å². The normalized spacial score (nSPS) is 12.4. The Morgan fingerprint density at radius 1 is 0.895 bits per heavy atom. The average molecular weight is 262 g/mol. The molecule has 1 heteroatoms. The SMILES string of the molecule is C=CCC/C=C(\CO)CC/C=C(\C)CCC=C(C)C. The van der Waals surface area contributed by atoms with Gasteiger partial charge in [0.05, 0.1) is 6.61 Å². The first-order valence-corrected chi connectivity index (χ1v) is 7.28. The maximum absolute atomic E-state index is 9.27. The monoisotopic (exact) mass is 262 g/mol. The van der Waals surface area contributed by atoms with E-state index in [1.54, 1.807) is 0 Å². The lowest BCUT2D eigenvalue weighted by atomic mass is 10.1. The van der Waals surface area contributed by atoms with Crippen LogP contribution < -0.4 is 0 Å². The molecule has 0 atom stereocenters. The van der Waals surface area contributed by atoms with Gasteiger partial charge in [-0.3, -0.25) is 0 Å². The van der Waals surface area contributed by atoms with E-state index in [1.807, 2.05) is 6.08 Å². The molecule has 1 nitrogen and oxygen atoms in total. The third kappa shape index (κ3) is 11.7. The van der Waals surface area contributed by atoms with Crippen molar-refractivity contribution >= 4 is 0 Å². The van der Waals surface area contributed by atoms with Crippen LogP contribution >= 0.6 is 0 Å². The van der Waals surface area contributed by atoms with Crippen LogP contribution in [0.1, 0.15) is 59.3 Å². The van der Waals surface area contributed by atoms with Crippen molar-refractivity contribution in [1.82, 2.24) is 0 Å². The number of unbranched alkanes of at least 4 members (excludes halogenated alkanes) is 1. The average Bonchev–Trinajstić information content (AvgIpc) is 2.36. The molecule has 0 bridgehead atoms. The third-order valence-electron chi connectivity index (χ3n) is 3.06. The fourth-order valence-corrected chi connectivity index (χ4v) is 1.85. The molecule has 0 unspecified atom stereocenters. The van der Waals surface area contributed by atoms with Crippen LogP contribution in [0.4, 0.5) is 0 Å². The summed E-state index contributed by atoms with van der Waals surface area (Å²) in [5.74, 6) is 0. The summed E-state index contributed by atoms with van der Waals surface area (Å²) >= 11 is 0. The standard InChI is InChI=1S/C18H30O/c1-5-6-7-13-18(15-19)14-9-12-17(4)11-8-10-16(2)3/h5,10,12-13,19H,1,6-9,11,14-15H2,2-4H3/b17-12+,18-13-. The summed E-state index contributed by atoms with van der Waals surface area (Å²) in [6.45, 7) is 10.4. The molecular formula is C18H30O. The summed E-state index contributed by atoms with van der Waals surface area (Å²) < 4.78 is 0. The number of aliphatic hydroxyl groups is 1. The second-order valence-corrected chi connectivity index (χ2v) is 5.30. The van der Waals surface area contributed by atoms with Crippen molar-refractivity contribution in [2.24, 2.45) is 0 Å². The van der Waals surface area contributed by atoms with Gasteiger partial charge in [-0.1, -0.05) is 35.5 Å². The Bertz CT molecular complexity index is 328. The number of rotatable bonds is 10. The van der Waals surface area contributed by atoms with Gasteiger partial charge in [0.25, 0.3) is 0 Å². The summed E-state index contributed by atoms with van der Waals surface area (Å²) in [6, 6.07) is 0. The molecule has 19 heavy (non-hydrogen) atoms. The summed E-state index contributed by atoms with van der Waals surface area (Å²) in [5, 5.41) is 9.27. The van der Waals surface area contributed by atoms with Gasteiger partial charge in [0, 0.05) is 0 Å².